The lowest BCUT2D eigenvalue weighted by atomic mass is 9.82. The van der Waals surface area contributed by atoms with Gasteiger partial charge in [-0.15, -0.1) is 11.3 Å². The average Bonchev–Trinajstić information content (AvgIpc) is 2.95. The first-order valence-corrected chi connectivity index (χ1v) is 8.13. The lowest BCUT2D eigenvalue weighted by Gasteiger charge is -2.24. The predicted octanol–water partition coefficient (Wildman–Crippen LogP) is 3.22. The molecule has 5 heteroatoms. The van der Waals surface area contributed by atoms with E-state index < -0.39 is 0 Å². The molecule has 0 bridgehead atoms. The largest absolute Gasteiger partial charge is 0.323 e. The van der Waals surface area contributed by atoms with Gasteiger partial charge in [-0.25, -0.2) is 4.98 Å². The van der Waals surface area contributed by atoms with Crippen LogP contribution in [0.15, 0.2) is 29.6 Å². The van der Waals surface area contributed by atoms with Gasteiger partial charge in [-0.1, -0.05) is 24.3 Å². The molecule has 1 heterocycles. The highest BCUT2D eigenvalue weighted by atomic mass is 32.1. The number of hydrogen-bond donors (Lipinski definition) is 2. The number of nitrogens with two attached hydrogens (primary N) is 1. The molecule has 110 valence electrons. The van der Waals surface area contributed by atoms with Crippen LogP contribution in [0.3, 0.4) is 0 Å². The summed E-state index contributed by atoms with van der Waals surface area (Å²) in [6.45, 7) is 1.89. The van der Waals surface area contributed by atoms with Crippen LogP contribution in [0.25, 0.3) is 0 Å². The number of nitrogens with zero attached hydrogens (tertiary/aromatic N) is 1. The maximum Gasteiger partial charge on any atom is 0.233 e. The molecule has 0 fully saturated rings. The van der Waals surface area contributed by atoms with Crippen molar-refractivity contribution >= 4 is 22.4 Å². The Morgan fingerprint density at radius 3 is 3.05 bits per heavy atom. The minimum Gasteiger partial charge on any atom is -0.323 e. The number of carbonyl (C=O) groups excluding carboxylic acids is 1. The highest BCUT2D eigenvalue weighted by molar-refractivity contribution is 7.13. The molecule has 0 saturated heterocycles. The van der Waals surface area contributed by atoms with E-state index in [2.05, 4.69) is 22.4 Å². The number of thiazole rings is 1. The minimum atomic E-state index is -0.109. The normalized spacial score (nSPS) is 18.9. The van der Waals surface area contributed by atoms with Crippen LogP contribution in [-0.2, 0) is 11.2 Å². The van der Waals surface area contributed by atoms with Gasteiger partial charge in [-0.2, -0.15) is 0 Å². The van der Waals surface area contributed by atoms with Gasteiger partial charge in [0.15, 0.2) is 5.13 Å². The van der Waals surface area contributed by atoms with Crippen molar-refractivity contribution in [3.8, 4) is 0 Å². The summed E-state index contributed by atoms with van der Waals surface area (Å²) >= 11 is 1.43. The molecule has 21 heavy (non-hydrogen) atoms. The van der Waals surface area contributed by atoms with Crippen LogP contribution in [0, 0.1) is 0 Å². The molecule has 0 saturated carbocycles. The molecule has 2 atom stereocenters. The number of rotatable bonds is 3. The molecule has 4 nitrogen and oxygen atoms in total. The molecule has 1 aromatic heterocycles. The monoisotopic (exact) mass is 301 g/mol. The van der Waals surface area contributed by atoms with Crippen LogP contribution in [-0.4, -0.2) is 10.9 Å². The van der Waals surface area contributed by atoms with Crippen molar-refractivity contribution in [3.63, 3.8) is 0 Å². The molecule has 0 radical (unpaired) electrons. The standard InChI is InChI=1S/C16H19N3OS/c1-10(17)14-9-21-16(18-14)19-15(20)13-8-4-6-11-5-2-3-7-12(11)13/h2-3,5,7,9-10,13H,4,6,8,17H2,1H3,(H,18,19,20). The van der Waals surface area contributed by atoms with E-state index in [1.54, 1.807) is 0 Å². The highest BCUT2D eigenvalue weighted by Crippen LogP contribution is 2.32. The van der Waals surface area contributed by atoms with Crippen molar-refractivity contribution in [2.75, 3.05) is 5.32 Å². The molecular weight excluding hydrogens is 282 g/mol. The lowest BCUT2D eigenvalue weighted by molar-refractivity contribution is -0.117. The maximum absolute atomic E-state index is 12.5. The van der Waals surface area contributed by atoms with E-state index in [4.69, 9.17) is 5.73 Å². The van der Waals surface area contributed by atoms with E-state index in [0.717, 1.165) is 30.5 Å². The Labute approximate surface area is 128 Å². The van der Waals surface area contributed by atoms with Gasteiger partial charge < -0.3 is 11.1 Å². The zero-order chi connectivity index (χ0) is 14.8. The van der Waals surface area contributed by atoms with Crippen LogP contribution in [0.1, 0.15) is 48.5 Å². The van der Waals surface area contributed by atoms with Gasteiger partial charge in [0.05, 0.1) is 11.6 Å². The topological polar surface area (TPSA) is 68.0 Å². The van der Waals surface area contributed by atoms with Crippen molar-refractivity contribution in [3.05, 3.63) is 46.5 Å². The first kappa shape index (κ1) is 14.2. The SMILES string of the molecule is CC(N)c1csc(NC(=O)C2CCCc3ccccc32)n1. The Hall–Kier alpha value is -1.72. The number of nitrogens with one attached hydrogen (secondary N) is 1. The fourth-order valence-electron chi connectivity index (χ4n) is 2.77. The fraction of sp³-hybridized carbons (Fsp3) is 0.375. The van der Waals surface area contributed by atoms with E-state index in [0.29, 0.717) is 5.13 Å². The second kappa shape index (κ2) is 5.95. The Kier molecular flexibility index (Phi) is 4.03. The second-order valence-electron chi connectivity index (χ2n) is 5.50. The van der Waals surface area contributed by atoms with Gasteiger partial charge in [0, 0.05) is 11.4 Å². The van der Waals surface area contributed by atoms with Crippen LogP contribution in [0.5, 0.6) is 0 Å². The summed E-state index contributed by atoms with van der Waals surface area (Å²) < 4.78 is 0. The van der Waals surface area contributed by atoms with Crippen molar-refractivity contribution in [1.29, 1.82) is 0 Å². The van der Waals surface area contributed by atoms with Crippen LogP contribution < -0.4 is 11.1 Å². The number of anilines is 1. The average molecular weight is 301 g/mol. The van der Waals surface area contributed by atoms with Gasteiger partial charge in [0.1, 0.15) is 0 Å². The molecule has 2 aromatic rings. The van der Waals surface area contributed by atoms with Crippen molar-refractivity contribution in [2.45, 2.75) is 38.1 Å². The quantitative estimate of drug-likeness (QED) is 0.914. The third kappa shape index (κ3) is 2.99. The number of fused-ring (bicyclic) bond motifs is 1. The zero-order valence-corrected chi connectivity index (χ0v) is 12.8. The van der Waals surface area contributed by atoms with Crippen LogP contribution in [0.4, 0.5) is 5.13 Å². The first-order valence-electron chi connectivity index (χ1n) is 7.25. The summed E-state index contributed by atoms with van der Waals surface area (Å²) in [5.74, 6) is -0.0367. The van der Waals surface area contributed by atoms with E-state index in [1.807, 2.05) is 24.4 Å². The van der Waals surface area contributed by atoms with E-state index in [1.165, 1.54) is 16.9 Å². The smallest absolute Gasteiger partial charge is 0.233 e. The number of amides is 1. The maximum atomic E-state index is 12.5. The van der Waals surface area contributed by atoms with Crippen molar-refractivity contribution in [2.24, 2.45) is 5.73 Å². The van der Waals surface area contributed by atoms with Gasteiger partial charge in [-0.3, -0.25) is 4.79 Å². The number of hydrogen-bond acceptors (Lipinski definition) is 4. The van der Waals surface area contributed by atoms with Gasteiger partial charge in [0.25, 0.3) is 0 Å². The summed E-state index contributed by atoms with van der Waals surface area (Å²) in [6.07, 6.45) is 3.01. The summed E-state index contributed by atoms with van der Waals surface area (Å²) in [6, 6.07) is 8.11. The van der Waals surface area contributed by atoms with Crippen LogP contribution >= 0.6 is 11.3 Å². The molecular formula is C16H19N3OS. The van der Waals surface area contributed by atoms with Crippen molar-refractivity contribution < 1.29 is 4.79 Å². The van der Waals surface area contributed by atoms with Gasteiger partial charge in [-0.05, 0) is 37.3 Å². The van der Waals surface area contributed by atoms with E-state index in [9.17, 15) is 4.79 Å². The molecule has 1 aliphatic carbocycles. The van der Waals surface area contributed by atoms with Gasteiger partial charge >= 0.3 is 0 Å². The second-order valence-corrected chi connectivity index (χ2v) is 6.36. The van der Waals surface area contributed by atoms with E-state index >= 15 is 0 Å². The Morgan fingerprint density at radius 2 is 2.29 bits per heavy atom. The minimum absolute atomic E-state index is 0.0349. The third-order valence-corrected chi connectivity index (χ3v) is 4.68. The number of carbonyl (C=O) groups is 1. The Morgan fingerprint density at radius 1 is 1.48 bits per heavy atom. The highest BCUT2D eigenvalue weighted by Gasteiger charge is 2.26. The predicted molar refractivity (Wildman–Crippen MR) is 85.5 cm³/mol. The number of aromatic nitrogens is 1. The van der Waals surface area contributed by atoms with E-state index in [-0.39, 0.29) is 17.9 Å². The Bertz CT molecular complexity index is 650. The number of aryl methyl sites for hydroxylation is 1. The molecule has 2 unspecified atom stereocenters. The molecule has 1 aliphatic rings. The molecule has 0 spiro atoms. The third-order valence-electron chi connectivity index (χ3n) is 3.90. The van der Waals surface area contributed by atoms with Gasteiger partial charge in [0.2, 0.25) is 5.91 Å². The summed E-state index contributed by atoms with van der Waals surface area (Å²) in [7, 11) is 0. The van der Waals surface area contributed by atoms with Crippen LogP contribution in [0.2, 0.25) is 0 Å². The number of benzene rings is 1. The molecule has 3 rings (SSSR count). The molecule has 0 aliphatic heterocycles. The zero-order valence-electron chi connectivity index (χ0n) is 12.0. The summed E-state index contributed by atoms with van der Waals surface area (Å²) in [5, 5.41) is 5.47. The lowest BCUT2D eigenvalue weighted by Crippen LogP contribution is -2.24. The molecule has 1 amide bonds. The molecule has 3 N–H and O–H groups in total. The van der Waals surface area contributed by atoms with Crippen molar-refractivity contribution in [1.82, 2.24) is 4.98 Å². The fourth-order valence-corrected chi connectivity index (χ4v) is 3.59. The summed E-state index contributed by atoms with van der Waals surface area (Å²) in [5.41, 5.74) is 9.06. The first-order chi connectivity index (χ1) is 10.1. The Balaban J connectivity index is 1.77. The summed E-state index contributed by atoms with van der Waals surface area (Å²) in [4.78, 5) is 16.9. The molecule has 1 aromatic carbocycles.